The third-order valence-electron chi connectivity index (χ3n) is 3.63. The van der Waals surface area contributed by atoms with Crippen molar-refractivity contribution >= 4 is 29.1 Å². The van der Waals surface area contributed by atoms with Crippen molar-refractivity contribution in [1.29, 1.82) is 0 Å². The Morgan fingerprint density at radius 3 is 2.58 bits per heavy atom. The van der Waals surface area contributed by atoms with Crippen LogP contribution in [0.2, 0.25) is 5.02 Å². The van der Waals surface area contributed by atoms with E-state index in [2.05, 4.69) is 10.5 Å². The first-order chi connectivity index (χ1) is 12.4. The Balaban J connectivity index is 1.77. The fourth-order valence-electron chi connectivity index (χ4n) is 2.34. The summed E-state index contributed by atoms with van der Waals surface area (Å²) < 4.78 is 5.23. The molecule has 3 rings (SSSR count). The zero-order chi connectivity index (χ0) is 18.7. The molecule has 0 aliphatic carbocycles. The summed E-state index contributed by atoms with van der Waals surface area (Å²) in [6, 6.07) is 15.3. The van der Waals surface area contributed by atoms with Crippen LogP contribution in [0, 0.1) is 0 Å². The van der Waals surface area contributed by atoms with Crippen molar-refractivity contribution in [3.8, 4) is 11.3 Å². The fraction of sp³-hybridized carbons (Fsp3) is 0.105. The van der Waals surface area contributed by atoms with Gasteiger partial charge in [-0.15, -0.1) is 0 Å². The first kappa shape index (κ1) is 17.7. The second kappa shape index (κ2) is 7.41. The summed E-state index contributed by atoms with van der Waals surface area (Å²) in [6.07, 6.45) is 0. The summed E-state index contributed by atoms with van der Waals surface area (Å²) in [6.45, 7) is 0. The van der Waals surface area contributed by atoms with Gasteiger partial charge in [-0.3, -0.25) is 9.59 Å². The largest absolute Gasteiger partial charge is 0.355 e. The molecule has 3 aromatic rings. The first-order valence-electron chi connectivity index (χ1n) is 7.80. The molecular formula is C19H16ClN3O3. The van der Waals surface area contributed by atoms with Gasteiger partial charge in [0.1, 0.15) is 0 Å². The van der Waals surface area contributed by atoms with E-state index in [0.717, 1.165) is 5.56 Å². The third kappa shape index (κ3) is 3.92. The van der Waals surface area contributed by atoms with E-state index in [1.807, 2.05) is 6.07 Å². The number of nitrogens with zero attached hydrogens (tertiary/aromatic N) is 2. The van der Waals surface area contributed by atoms with Crippen molar-refractivity contribution in [1.82, 2.24) is 10.1 Å². The zero-order valence-electron chi connectivity index (χ0n) is 14.2. The average molecular weight is 370 g/mol. The van der Waals surface area contributed by atoms with Crippen LogP contribution < -0.4 is 5.32 Å². The number of hydrogen-bond donors (Lipinski definition) is 1. The SMILES string of the molecule is CN(C)C(=O)c1cccc(NC(=O)c2cc(-c3cccc(Cl)c3)on2)c1. The van der Waals surface area contributed by atoms with E-state index in [1.165, 1.54) is 11.0 Å². The Hall–Kier alpha value is -3.12. The zero-order valence-corrected chi connectivity index (χ0v) is 14.9. The molecule has 0 bridgehead atoms. The minimum absolute atomic E-state index is 0.129. The molecule has 0 saturated heterocycles. The number of halogens is 1. The maximum Gasteiger partial charge on any atom is 0.277 e. The molecule has 0 spiro atoms. The lowest BCUT2D eigenvalue weighted by Gasteiger charge is -2.11. The number of amides is 2. The number of benzene rings is 2. The summed E-state index contributed by atoms with van der Waals surface area (Å²) in [5.41, 5.74) is 1.83. The number of rotatable bonds is 4. The molecule has 7 heteroatoms. The Morgan fingerprint density at radius 1 is 1.08 bits per heavy atom. The molecule has 0 aliphatic rings. The molecule has 26 heavy (non-hydrogen) atoms. The van der Waals surface area contributed by atoms with Crippen LogP contribution >= 0.6 is 11.6 Å². The van der Waals surface area contributed by atoms with E-state index in [9.17, 15) is 9.59 Å². The van der Waals surface area contributed by atoms with Gasteiger partial charge in [-0.25, -0.2) is 0 Å². The van der Waals surface area contributed by atoms with Crippen LogP contribution in [0.3, 0.4) is 0 Å². The van der Waals surface area contributed by atoms with Gasteiger partial charge in [-0.05, 0) is 30.3 Å². The van der Waals surface area contributed by atoms with Crippen LogP contribution in [-0.2, 0) is 0 Å². The summed E-state index contributed by atoms with van der Waals surface area (Å²) in [4.78, 5) is 25.9. The molecule has 0 unspecified atom stereocenters. The summed E-state index contributed by atoms with van der Waals surface area (Å²) in [5.74, 6) is -0.142. The molecule has 132 valence electrons. The molecular weight excluding hydrogens is 354 g/mol. The predicted octanol–water partition coefficient (Wildman–Crippen LogP) is 3.95. The van der Waals surface area contributed by atoms with E-state index in [4.69, 9.17) is 16.1 Å². The van der Waals surface area contributed by atoms with Crippen LogP contribution in [0.25, 0.3) is 11.3 Å². The smallest absolute Gasteiger partial charge is 0.277 e. The van der Waals surface area contributed by atoms with Gasteiger partial charge in [0.05, 0.1) is 0 Å². The van der Waals surface area contributed by atoms with E-state index in [0.29, 0.717) is 22.0 Å². The van der Waals surface area contributed by atoms with Gasteiger partial charge in [-0.1, -0.05) is 35.0 Å². The Morgan fingerprint density at radius 2 is 1.85 bits per heavy atom. The Kier molecular flexibility index (Phi) is 5.04. The molecule has 0 saturated carbocycles. The lowest BCUT2D eigenvalue weighted by molar-refractivity contribution is 0.0827. The number of carbonyl (C=O) groups is 2. The third-order valence-corrected chi connectivity index (χ3v) is 3.86. The highest BCUT2D eigenvalue weighted by Gasteiger charge is 2.15. The van der Waals surface area contributed by atoms with E-state index >= 15 is 0 Å². The van der Waals surface area contributed by atoms with E-state index < -0.39 is 5.91 Å². The minimum atomic E-state index is -0.434. The summed E-state index contributed by atoms with van der Waals surface area (Å²) >= 11 is 5.96. The van der Waals surface area contributed by atoms with Gasteiger partial charge in [0.15, 0.2) is 11.5 Å². The van der Waals surface area contributed by atoms with Gasteiger partial charge < -0.3 is 14.7 Å². The van der Waals surface area contributed by atoms with Crippen molar-refractivity contribution in [3.05, 3.63) is 70.9 Å². The van der Waals surface area contributed by atoms with E-state index in [1.54, 1.807) is 56.6 Å². The van der Waals surface area contributed by atoms with Gasteiger partial charge in [0.2, 0.25) is 0 Å². The highest BCUT2D eigenvalue weighted by atomic mass is 35.5. The lowest BCUT2D eigenvalue weighted by atomic mass is 10.1. The second-order valence-corrected chi connectivity index (χ2v) is 6.26. The van der Waals surface area contributed by atoms with Crippen LogP contribution in [0.15, 0.2) is 59.1 Å². The molecule has 2 aromatic carbocycles. The normalized spacial score (nSPS) is 10.4. The standard InChI is InChI=1S/C19H16ClN3O3/c1-23(2)19(25)13-6-4-8-15(10-13)21-18(24)16-11-17(26-22-16)12-5-3-7-14(20)9-12/h3-11H,1-2H3,(H,21,24). The molecule has 0 radical (unpaired) electrons. The minimum Gasteiger partial charge on any atom is -0.355 e. The Bertz CT molecular complexity index is 966. The first-order valence-corrected chi connectivity index (χ1v) is 8.17. The molecule has 1 N–H and O–H groups in total. The second-order valence-electron chi connectivity index (χ2n) is 5.82. The van der Waals surface area contributed by atoms with Crippen LogP contribution in [-0.4, -0.2) is 36.0 Å². The number of aromatic nitrogens is 1. The molecule has 6 nitrogen and oxygen atoms in total. The topological polar surface area (TPSA) is 75.4 Å². The molecule has 0 fully saturated rings. The van der Waals surface area contributed by atoms with Crippen molar-refractivity contribution in [2.75, 3.05) is 19.4 Å². The average Bonchev–Trinajstić information content (AvgIpc) is 3.11. The lowest BCUT2D eigenvalue weighted by Crippen LogP contribution is -2.22. The highest BCUT2D eigenvalue weighted by Crippen LogP contribution is 2.24. The van der Waals surface area contributed by atoms with E-state index in [-0.39, 0.29) is 11.6 Å². The number of anilines is 1. The van der Waals surface area contributed by atoms with Crippen LogP contribution in [0.4, 0.5) is 5.69 Å². The summed E-state index contributed by atoms with van der Waals surface area (Å²) in [7, 11) is 3.33. The molecule has 2 amide bonds. The Labute approximate surface area is 155 Å². The van der Waals surface area contributed by atoms with Gasteiger partial charge >= 0.3 is 0 Å². The molecule has 1 heterocycles. The fourth-order valence-corrected chi connectivity index (χ4v) is 2.53. The molecule has 0 atom stereocenters. The molecule has 1 aromatic heterocycles. The highest BCUT2D eigenvalue weighted by molar-refractivity contribution is 6.30. The number of carbonyl (C=O) groups excluding carboxylic acids is 2. The maximum absolute atomic E-state index is 12.4. The van der Waals surface area contributed by atoms with Gasteiger partial charge in [-0.2, -0.15) is 0 Å². The van der Waals surface area contributed by atoms with Crippen molar-refractivity contribution in [2.45, 2.75) is 0 Å². The van der Waals surface area contributed by atoms with Crippen LogP contribution in [0.5, 0.6) is 0 Å². The van der Waals surface area contributed by atoms with Gasteiger partial charge in [0, 0.05) is 42.0 Å². The number of hydrogen-bond acceptors (Lipinski definition) is 4. The predicted molar refractivity (Wildman–Crippen MR) is 99.4 cm³/mol. The quantitative estimate of drug-likeness (QED) is 0.755. The maximum atomic E-state index is 12.4. The van der Waals surface area contributed by atoms with Crippen molar-refractivity contribution in [3.63, 3.8) is 0 Å². The summed E-state index contributed by atoms with van der Waals surface area (Å²) in [5, 5.41) is 7.07. The van der Waals surface area contributed by atoms with Crippen molar-refractivity contribution in [2.24, 2.45) is 0 Å². The number of nitrogens with one attached hydrogen (secondary N) is 1. The van der Waals surface area contributed by atoms with Crippen molar-refractivity contribution < 1.29 is 14.1 Å². The van der Waals surface area contributed by atoms with Gasteiger partial charge in [0.25, 0.3) is 11.8 Å². The molecule has 0 aliphatic heterocycles. The van der Waals surface area contributed by atoms with Crippen LogP contribution in [0.1, 0.15) is 20.8 Å². The monoisotopic (exact) mass is 369 g/mol.